The van der Waals surface area contributed by atoms with Gasteiger partial charge in [0.05, 0.1) is 0 Å². The number of rotatable bonds is 2. The minimum Gasteiger partial charge on any atom is -0.450 e. The predicted octanol–water partition coefficient (Wildman–Crippen LogP) is 0.555. The molecule has 0 aliphatic rings. The van der Waals surface area contributed by atoms with E-state index in [2.05, 4.69) is 9.47 Å². The molecule has 9 nitrogen and oxygen atoms in total. The van der Waals surface area contributed by atoms with Crippen LogP contribution in [0.3, 0.4) is 0 Å². The Bertz CT molecular complexity index is 166. The van der Waals surface area contributed by atoms with Crippen LogP contribution in [0.5, 0.6) is 0 Å². The lowest BCUT2D eigenvalue weighted by molar-refractivity contribution is -0.0167. The van der Waals surface area contributed by atoms with Crippen LogP contribution in [0.25, 0.3) is 0 Å². The van der Waals surface area contributed by atoms with Gasteiger partial charge in [0, 0.05) is 0 Å². The standard InChI is InChI=1S/C3H4O6.CH2O3/c4-2(5)8-1-9-3(6)7;2-1(3)4/h1H2,(H,4,5)(H,6,7);(H2,2,3,4). The Labute approximate surface area is 70.7 Å². The van der Waals surface area contributed by atoms with Crippen molar-refractivity contribution in [3.63, 3.8) is 0 Å². The number of hydrogen-bond donors (Lipinski definition) is 4. The van der Waals surface area contributed by atoms with Gasteiger partial charge in [0.25, 0.3) is 0 Å². The molecule has 0 saturated carbocycles. The monoisotopic (exact) mass is 198 g/mol. The molecule has 0 aromatic heterocycles. The topological polar surface area (TPSA) is 151 Å². The van der Waals surface area contributed by atoms with Gasteiger partial charge in [0.1, 0.15) is 0 Å². The number of carboxylic acid groups (broad SMARTS) is 4. The van der Waals surface area contributed by atoms with Crippen LogP contribution in [-0.2, 0) is 9.47 Å². The summed E-state index contributed by atoms with van der Waals surface area (Å²) in [6.07, 6.45) is -4.98. The summed E-state index contributed by atoms with van der Waals surface area (Å²) in [6, 6.07) is 0. The minimum atomic E-state index is -1.83. The molecule has 0 amide bonds. The van der Waals surface area contributed by atoms with E-state index >= 15 is 0 Å². The Morgan fingerprint density at radius 1 is 0.846 bits per heavy atom. The average molecular weight is 198 g/mol. The lowest BCUT2D eigenvalue weighted by Gasteiger charge is -1.96. The van der Waals surface area contributed by atoms with E-state index in [1.165, 1.54) is 0 Å². The fourth-order valence-corrected chi connectivity index (χ4v) is 0.130. The van der Waals surface area contributed by atoms with Crippen LogP contribution < -0.4 is 0 Å². The van der Waals surface area contributed by atoms with E-state index in [1.54, 1.807) is 0 Å². The SMILES string of the molecule is O=C(O)O.O=C(O)OCOC(=O)O. The van der Waals surface area contributed by atoms with E-state index in [9.17, 15) is 9.59 Å². The summed E-state index contributed by atoms with van der Waals surface area (Å²) < 4.78 is 7.33. The van der Waals surface area contributed by atoms with Gasteiger partial charge in [0.15, 0.2) is 0 Å². The molecular formula is C4H6O9. The predicted molar refractivity (Wildman–Crippen MR) is 33.7 cm³/mol. The third-order valence-electron chi connectivity index (χ3n) is 0.365. The van der Waals surface area contributed by atoms with Crippen molar-refractivity contribution in [3.8, 4) is 0 Å². The summed E-state index contributed by atoms with van der Waals surface area (Å²) in [6.45, 7) is -0.787. The van der Waals surface area contributed by atoms with Crippen molar-refractivity contribution in [1.29, 1.82) is 0 Å². The molecule has 0 spiro atoms. The van der Waals surface area contributed by atoms with Crippen LogP contribution in [0.1, 0.15) is 0 Å². The van der Waals surface area contributed by atoms with Crippen molar-refractivity contribution in [2.24, 2.45) is 0 Å². The molecule has 9 heteroatoms. The lowest BCUT2D eigenvalue weighted by Crippen LogP contribution is -2.08. The number of hydrogen-bond acceptors (Lipinski definition) is 5. The van der Waals surface area contributed by atoms with E-state index < -0.39 is 25.3 Å². The zero-order chi connectivity index (χ0) is 10.9. The molecule has 0 rings (SSSR count). The van der Waals surface area contributed by atoms with Crippen LogP contribution in [0.4, 0.5) is 14.4 Å². The molecule has 0 heterocycles. The van der Waals surface area contributed by atoms with E-state index in [-0.39, 0.29) is 0 Å². The third kappa shape index (κ3) is 41.2. The molecule has 0 aliphatic carbocycles. The van der Waals surface area contributed by atoms with Crippen molar-refractivity contribution < 1.29 is 44.3 Å². The molecule has 0 aromatic carbocycles. The molecule has 76 valence electrons. The highest BCUT2D eigenvalue weighted by Gasteiger charge is 1.98. The average Bonchev–Trinajstić information content (AvgIpc) is 1.83. The second-order valence-electron chi connectivity index (χ2n) is 1.22. The Morgan fingerprint density at radius 3 is 1.23 bits per heavy atom. The van der Waals surface area contributed by atoms with Gasteiger partial charge < -0.3 is 29.9 Å². The lowest BCUT2D eigenvalue weighted by atomic mass is 11.2. The highest BCUT2D eigenvalue weighted by atomic mass is 16.8. The molecule has 13 heavy (non-hydrogen) atoms. The van der Waals surface area contributed by atoms with Crippen LogP contribution in [-0.4, -0.2) is 45.7 Å². The summed E-state index contributed by atoms with van der Waals surface area (Å²) in [5.74, 6) is 0. The highest BCUT2D eigenvalue weighted by Crippen LogP contribution is 1.79. The smallest absolute Gasteiger partial charge is 0.450 e. The zero-order valence-corrected chi connectivity index (χ0v) is 6.04. The van der Waals surface area contributed by atoms with Crippen molar-refractivity contribution in [1.82, 2.24) is 0 Å². The molecule has 0 atom stereocenters. The van der Waals surface area contributed by atoms with Gasteiger partial charge in [-0.15, -0.1) is 0 Å². The third-order valence-corrected chi connectivity index (χ3v) is 0.365. The van der Waals surface area contributed by atoms with E-state index in [0.717, 1.165) is 0 Å². The molecule has 0 aromatic rings. The fourth-order valence-electron chi connectivity index (χ4n) is 0.130. The summed E-state index contributed by atoms with van der Waals surface area (Å²) in [4.78, 5) is 27.5. The van der Waals surface area contributed by atoms with Gasteiger partial charge in [-0.3, -0.25) is 0 Å². The van der Waals surface area contributed by atoms with Gasteiger partial charge in [0.2, 0.25) is 6.79 Å². The van der Waals surface area contributed by atoms with E-state index in [0.29, 0.717) is 0 Å². The maximum Gasteiger partial charge on any atom is 0.508 e. The Hall–Kier alpha value is -2.19. The molecule has 0 fully saturated rings. The van der Waals surface area contributed by atoms with E-state index in [1.807, 2.05) is 0 Å². The van der Waals surface area contributed by atoms with Gasteiger partial charge >= 0.3 is 18.5 Å². The summed E-state index contributed by atoms with van der Waals surface area (Å²) >= 11 is 0. The van der Waals surface area contributed by atoms with Gasteiger partial charge in [-0.1, -0.05) is 0 Å². The molecule has 0 radical (unpaired) electrons. The second kappa shape index (κ2) is 7.91. The summed E-state index contributed by atoms with van der Waals surface area (Å²) in [5.41, 5.74) is 0. The number of carbonyl (C=O) groups is 3. The largest absolute Gasteiger partial charge is 0.508 e. The second-order valence-corrected chi connectivity index (χ2v) is 1.22. The Kier molecular flexibility index (Phi) is 8.16. The molecule has 0 bridgehead atoms. The van der Waals surface area contributed by atoms with Gasteiger partial charge in [-0.05, 0) is 0 Å². The summed E-state index contributed by atoms with van der Waals surface area (Å²) in [5, 5.41) is 29.4. The Morgan fingerprint density at radius 2 is 1.08 bits per heavy atom. The number of ether oxygens (including phenoxy) is 2. The molecule has 0 unspecified atom stereocenters. The highest BCUT2D eigenvalue weighted by molar-refractivity contribution is 5.58. The Balaban J connectivity index is 0. The zero-order valence-electron chi connectivity index (χ0n) is 6.04. The van der Waals surface area contributed by atoms with Crippen LogP contribution >= 0.6 is 0 Å². The van der Waals surface area contributed by atoms with Gasteiger partial charge in [-0.25, -0.2) is 14.4 Å². The van der Waals surface area contributed by atoms with Crippen LogP contribution in [0, 0.1) is 0 Å². The van der Waals surface area contributed by atoms with Crippen LogP contribution in [0.15, 0.2) is 0 Å². The van der Waals surface area contributed by atoms with E-state index in [4.69, 9.17) is 25.2 Å². The quantitative estimate of drug-likeness (QED) is 0.368. The first-order valence-electron chi connectivity index (χ1n) is 2.49. The van der Waals surface area contributed by atoms with Crippen molar-refractivity contribution >= 4 is 18.5 Å². The normalized spacial score (nSPS) is 7.38. The summed E-state index contributed by atoms with van der Waals surface area (Å²) in [7, 11) is 0. The maximum atomic E-state index is 9.49. The molecule has 4 N–H and O–H groups in total. The van der Waals surface area contributed by atoms with Crippen molar-refractivity contribution in [2.75, 3.05) is 6.79 Å². The molecular weight excluding hydrogens is 192 g/mol. The minimum absolute atomic E-state index is 0.787. The fraction of sp³-hybridized carbons (Fsp3) is 0.250. The first-order chi connectivity index (χ1) is 5.86. The van der Waals surface area contributed by atoms with Gasteiger partial charge in [-0.2, -0.15) is 0 Å². The first-order valence-corrected chi connectivity index (χ1v) is 2.49. The van der Waals surface area contributed by atoms with Crippen LogP contribution in [0.2, 0.25) is 0 Å². The molecule has 0 saturated heterocycles. The van der Waals surface area contributed by atoms with Crippen molar-refractivity contribution in [2.45, 2.75) is 0 Å². The maximum absolute atomic E-state index is 9.49. The van der Waals surface area contributed by atoms with Crippen molar-refractivity contribution in [3.05, 3.63) is 0 Å². The first kappa shape index (κ1) is 13.4. The molecule has 0 aliphatic heterocycles.